The topological polar surface area (TPSA) is 34.4 Å². The lowest BCUT2D eigenvalue weighted by Crippen LogP contribution is -2.33. The number of hydrogen-bond acceptors (Lipinski definition) is 3. The molecule has 0 bridgehead atoms. The second-order valence-corrected chi connectivity index (χ2v) is 6.43. The van der Waals surface area contributed by atoms with E-state index < -0.39 is 0 Å². The predicted molar refractivity (Wildman–Crippen MR) is 85.3 cm³/mol. The molecule has 2 unspecified atom stereocenters. The molecule has 2 heterocycles. The lowest BCUT2D eigenvalue weighted by atomic mass is 9.92. The summed E-state index contributed by atoms with van der Waals surface area (Å²) >= 11 is 0. The minimum absolute atomic E-state index is 0.0887. The Hall–Kier alpha value is -1.32. The number of furan rings is 1. The van der Waals surface area contributed by atoms with E-state index in [1.807, 2.05) is 18.2 Å². The van der Waals surface area contributed by atoms with Gasteiger partial charge >= 0.3 is 0 Å². The molecule has 2 atom stereocenters. The molecule has 0 saturated carbocycles. The fourth-order valence-corrected chi connectivity index (χ4v) is 3.07. The van der Waals surface area contributed by atoms with Crippen LogP contribution in [0, 0.1) is 11.8 Å². The average molecular weight is 287 g/mol. The van der Waals surface area contributed by atoms with E-state index in [4.69, 9.17) is 9.15 Å². The highest BCUT2D eigenvalue weighted by Crippen LogP contribution is 2.36. The first-order chi connectivity index (χ1) is 10.2. The third-order valence-electron chi connectivity index (χ3n) is 4.13. The van der Waals surface area contributed by atoms with Crippen molar-refractivity contribution in [2.45, 2.75) is 32.8 Å². The largest absolute Gasteiger partial charge is 0.458 e. The number of ether oxygens (including phenoxy) is 1. The third-order valence-corrected chi connectivity index (χ3v) is 4.13. The molecule has 21 heavy (non-hydrogen) atoms. The van der Waals surface area contributed by atoms with Gasteiger partial charge in [0.25, 0.3) is 0 Å². The summed E-state index contributed by atoms with van der Waals surface area (Å²) in [5.74, 6) is 2.16. The molecule has 0 spiro atoms. The van der Waals surface area contributed by atoms with E-state index in [9.17, 15) is 0 Å². The van der Waals surface area contributed by atoms with Crippen molar-refractivity contribution in [2.75, 3.05) is 19.7 Å². The van der Waals surface area contributed by atoms with Gasteiger partial charge in [-0.25, -0.2) is 0 Å². The summed E-state index contributed by atoms with van der Waals surface area (Å²) in [4.78, 5) is 0. The van der Waals surface area contributed by atoms with Crippen molar-refractivity contribution in [3.63, 3.8) is 0 Å². The number of nitrogens with one attached hydrogen (secondary N) is 1. The van der Waals surface area contributed by atoms with Crippen LogP contribution in [0.2, 0.25) is 0 Å². The summed E-state index contributed by atoms with van der Waals surface area (Å²) in [5, 5.41) is 4.73. The summed E-state index contributed by atoms with van der Waals surface area (Å²) in [6, 6.07) is 10.3. The maximum absolute atomic E-state index is 6.03. The molecule has 1 aromatic carbocycles. The van der Waals surface area contributed by atoms with E-state index in [0.29, 0.717) is 11.8 Å². The first kappa shape index (κ1) is 14.6. The molecule has 1 N–H and O–H groups in total. The maximum Gasteiger partial charge on any atom is 0.134 e. The molecule has 1 aliphatic rings. The number of rotatable bonds is 5. The van der Waals surface area contributed by atoms with E-state index in [1.54, 1.807) is 0 Å². The van der Waals surface area contributed by atoms with E-state index in [1.165, 1.54) is 6.42 Å². The Balaban J connectivity index is 1.73. The van der Waals surface area contributed by atoms with Gasteiger partial charge in [-0.3, -0.25) is 0 Å². The van der Waals surface area contributed by atoms with Gasteiger partial charge in [0.1, 0.15) is 17.4 Å². The second kappa shape index (κ2) is 6.63. The van der Waals surface area contributed by atoms with Crippen molar-refractivity contribution in [1.82, 2.24) is 5.32 Å². The SMILES string of the molecule is CC(C)CNCC1CCCOC1c1cc2ccccc2o1. The molecular weight excluding hydrogens is 262 g/mol. The summed E-state index contributed by atoms with van der Waals surface area (Å²) < 4.78 is 12.0. The first-order valence-electron chi connectivity index (χ1n) is 8.05. The molecule has 0 aliphatic carbocycles. The van der Waals surface area contributed by atoms with Crippen LogP contribution < -0.4 is 5.32 Å². The fourth-order valence-electron chi connectivity index (χ4n) is 3.07. The normalized spacial score (nSPS) is 23.0. The molecule has 1 saturated heterocycles. The number of para-hydroxylation sites is 1. The monoisotopic (exact) mass is 287 g/mol. The van der Waals surface area contributed by atoms with Crippen LogP contribution in [0.3, 0.4) is 0 Å². The molecular formula is C18H25NO2. The third kappa shape index (κ3) is 3.47. The Morgan fingerprint density at radius 1 is 1.29 bits per heavy atom. The Morgan fingerprint density at radius 3 is 2.95 bits per heavy atom. The number of fused-ring (bicyclic) bond motifs is 1. The Kier molecular flexibility index (Phi) is 4.61. The van der Waals surface area contributed by atoms with Crippen molar-refractivity contribution in [2.24, 2.45) is 11.8 Å². The summed E-state index contributed by atoms with van der Waals surface area (Å²) in [5.41, 5.74) is 0.954. The predicted octanol–water partition coefficient (Wildman–Crippen LogP) is 4.15. The maximum atomic E-state index is 6.03. The van der Waals surface area contributed by atoms with Gasteiger partial charge in [-0.2, -0.15) is 0 Å². The highest BCUT2D eigenvalue weighted by atomic mass is 16.5. The minimum atomic E-state index is 0.0887. The zero-order valence-electron chi connectivity index (χ0n) is 13.0. The minimum Gasteiger partial charge on any atom is -0.458 e. The van der Waals surface area contributed by atoms with Crippen molar-refractivity contribution in [3.8, 4) is 0 Å². The fraction of sp³-hybridized carbons (Fsp3) is 0.556. The first-order valence-corrected chi connectivity index (χ1v) is 8.05. The van der Waals surface area contributed by atoms with Crippen molar-refractivity contribution in [3.05, 3.63) is 36.1 Å². The Bertz CT molecular complexity index is 542. The van der Waals surface area contributed by atoms with Gasteiger partial charge in [0.2, 0.25) is 0 Å². The van der Waals surface area contributed by atoms with Gasteiger partial charge in [-0.1, -0.05) is 32.0 Å². The van der Waals surface area contributed by atoms with E-state index in [2.05, 4.69) is 31.3 Å². The summed E-state index contributed by atoms with van der Waals surface area (Å²) in [6.45, 7) is 7.37. The van der Waals surface area contributed by atoms with Crippen molar-refractivity contribution in [1.29, 1.82) is 0 Å². The van der Waals surface area contributed by atoms with Crippen LogP contribution in [0.1, 0.15) is 38.6 Å². The molecule has 2 aromatic rings. The van der Waals surface area contributed by atoms with Crippen molar-refractivity contribution < 1.29 is 9.15 Å². The highest BCUT2D eigenvalue weighted by Gasteiger charge is 2.29. The van der Waals surface area contributed by atoms with Gasteiger partial charge in [0.05, 0.1) is 0 Å². The zero-order chi connectivity index (χ0) is 14.7. The van der Waals surface area contributed by atoms with Gasteiger partial charge in [-0.05, 0) is 37.4 Å². The number of benzene rings is 1. The molecule has 0 amide bonds. The molecule has 3 rings (SSSR count). The molecule has 3 nitrogen and oxygen atoms in total. The van der Waals surface area contributed by atoms with E-state index in [0.717, 1.165) is 42.8 Å². The smallest absolute Gasteiger partial charge is 0.134 e. The van der Waals surface area contributed by atoms with Gasteiger partial charge in [-0.15, -0.1) is 0 Å². The number of hydrogen-bond donors (Lipinski definition) is 1. The van der Waals surface area contributed by atoms with Crippen LogP contribution in [-0.2, 0) is 4.74 Å². The molecule has 1 aromatic heterocycles. The zero-order valence-corrected chi connectivity index (χ0v) is 13.0. The average Bonchev–Trinajstić information content (AvgIpc) is 2.91. The standard InChI is InChI=1S/C18H25NO2/c1-13(2)11-19-12-15-7-5-9-20-18(15)17-10-14-6-3-4-8-16(14)21-17/h3-4,6,8,10,13,15,18-19H,5,7,9,11-12H2,1-2H3. The second-order valence-electron chi connectivity index (χ2n) is 6.43. The van der Waals surface area contributed by atoms with Crippen LogP contribution in [0.5, 0.6) is 0 Å². The van der Waals surface area contributed by atoms with Crippen LogP contribution in [-0.4, -0.2) is 19.7 Å². The summed E-state index contributed by atoms with van der Waals surface area (Å²) in [6.07, 6.45) is 2.43. The van der Waals surface area contributed by atoms with Crippen LogP contribution >= 0.6 is 0 Å². The Morgan fingerprint density at radius 2 is 2.14 bits per heavy atom. The lowest BCUT2D eigenvalue weighted by Gasteiger charge is -2.30. The van der Waals surface area contributed by atoms with Gasteiger partial charge in [0.15, 0.2) is 0 Å². The molecule has 3 heteroatoms. The van der Waals surface area contributed by atoms with Crippen LogP contribution in [0.4, 0.5) is 0 Å². The molecule has 1 aliphatic heterocycles. The van der Waals surface area contributed by atoms with Crippen LogP contribution in [0.25, 0.3) is 11.0 Å². The highest BCUT2D eigenvalue weighted by molar-refractivity contribution is 5.77. The Labute approximate surface area is 126 Å². The van der Waals surface area contributed by atoms with Gasteiger partial charge in [0, 0.05) is 24.5 Å². The molecule has 114 valence electrons. The van der Waals surface area contributed by atoms with Gasteiger partial charge < -0.3 is 14.5 Å². The van der Waals surface area contributed by atoms with E-state index in [-0.39, 0.29) is 6.10 Å². The van der Waals surface area contributed by atoms with E-state index >= 15 is 0 Å². The molecule has 0 radical (unpaired) electrons. The summed E-state index contributed by atoms with van der Waals surface area (Å²) in [7, 11) is 0. The van der Waals surface area contributed by atoms with Crippen molar-refractivity contribution >= 4 is 11.0 Å². The van der Waals surface area contributed by atoms with Crippen LogP contribution in [0.15, 0.2) is 34.7 Å². The quantitative estimate of drug-likeness (QED) is 0.897. The lowest BCUT2D eigenvalue weighted by molar-refractivity contribution is -0.0389. The molecule has 1 fully saturated rings.